The highest BCUT2D eigenvalue weighted by Gasteiger charge is 2.03. The van der Waals surface area contributed by atoms with E-state index in [1.807, 2.05) is 18.4 Å². The van der Waals surface area contributed by atoms with E-state index in [2.05, 4.69) is 10.3 Å². The van der Waals surface area contributed by atoms with Crippen LogP contribution in [0.1, 0.15) is 16.3 Å². The molecule has 0 spiro atoms. The van der Waals surface area contributed by atoms with Gasteiger partial charge in [0, 0.05) is 5.38 Å². The van der Waals surface area contributed by atoms with Crippen LogP contribution in [-0.2, 0) is 13.2 Å². The summed E-state index contributed by atoms with van der Waals surface area (Å²) < 4.78 is 0. The Hall–Kier alpha value is -1.10. The van der Waals surface area contributed by atoms with Crippen LogP contribution in [0, 0.1) is 6.92 Å². The molecule has 0 aliphatic carbocycles. The number of halogens is 1. The van der Waals surface area contributed by atoms with Gasteiger partial charge < -0.3 is 10.4 Å². The van der Waals surface area contributed by atoms with Crippen LogP contribution < -0.4 is 5.32 Å². The molecule has 0 saturated heterocycles. The van der Waals surface area contributed by atoms with E-state index in [9.17, 15) is 0 Å². The van der Waals surface area contributed by atoms with Crippen molar-refractivity contribution in [3.05, 3.63) is 44.9 Å². The van der Waals surface area contributed by atoms with E-state index in [0.29, 0.717) is 11.6 Å². The van der Waals surface area contributed by atoms with Crippen LogP contribution in [0.3, 0.4) is 0 Å². The minimum Gasteiger partial charge on any atom is -0.392 e. The predicted octanol–water partition coefficient (Wildman–Crippen LogP) is 3.21. The van der Waals surface area contributed by atoms with E-state index in [4.69, 9.17) is 16.7 Å². The van der Waals surface area contributed by atoms with Crippen LogP contribution in [0.5, 0.6) is 0 Å². The minimum absolute atomic E-state index is 0.0155. The summed E-state index contributed by atoms with van der Waals surface area (Å²) in [7, 11) is 0. The van der Waals surface area contributed by atoms with Gasteiger partial charge in [0.2, 0.25) is 0 Å². The third kappa shape index (κ3) is 3.19. The van der Waals surface area contributed by atoms with Crippen LogP contribution in [0.2, 0.25) is 5.02 Å². The topological polar surface area (TPSA) is 45.2 Å². The molecule has 17 heavy (non-hydrogen) atoms. The molecule has 2 N–H and O–H groups in total. The van der Waals surface area contributed by atoms with Crippen LogP contribution in [0.4, 0.5) is 5.69 Å². The van der Waals surface area contributed by atoms with Gasteiger partial charge in [-0.05, 0) is 24.6 Å². The molecule has 1 aromatic carbocycles. The Balaban J connectivity index is 2.07. The lowest BCUT2D eigenvalue weighted by Gasteiger charge is -2.08. The number of anilines is 1. The standard InChI is InChI=1S/C12H13ClN2OS/c1-8-15-10(7-17-8)5-14-12-4-9(6-16)2-3-11(12)13/h2-4,7,14,16H,5-6H2,1H3. The highest BCUT2D eigenvalue weighted by molar-refractivity contribution is 7.09. The third-order valence-electron chi connectivity index (χ3n) is 2.34. The van der Waals surface area contributed by atoms with Crippen LogP contribution in [-0.4, -0.2) is 10.1 Å². The number of aryl methyl sites for hydroxylation is 1. The van der Waals surface area contributed by atoms with Crippen molar-refractivity contribution >= 4 is 28.6 Å². The molecule has 5 heteroatoms. The largest absolute Gasteiger partial charge is 0.392 e. The maximum absolute atomic E-state index is 9.06. The quantitative estimate of drug-likeness (QED) is 0.895. The Morgan fingerprint density at radius 3 is 2.94 bits per heavy atom. The summed E-state index contributed by atoms with van der Waals surface area (Å²) in [5.74, 6) is 0. The van der Waals surface area contributed by atoms with Crippen molar-refractivity contribution in [3.8, 4) is 0 Å². The van der Waals surface area contributed by atoms with Crippen molar-refractivity contribution in [1.29, 1.82) is 0 Å². The molecule has 0 radical (unpaired) electrons. The molecule has 3 nitrogen and oxygen atoms in total. The molecule has 0 aliphatic heterocycles. The maximum Gasteiger partial charge on any atom is 0.0898 e. The Bertz CT molecular complexity index is 513. The molecule has 2 rings (SSSR count). The maximum atomic E-state index is 9.06. The van der Waals surface area contributed by atoms with Gasteiger partial charge in [0.25, 0.3) is 0 Å². The molecule has 0 unspecified atom stereocenters. The average Bonchev–Trinajstić information content (AvgIpc) is 2.74. The van der Waals surface area contributed by atoms with E-state index in [0.717, 1.165) is 22.0 Å². The Labute approximate surface area is 109 Å². The van der Waals surface area contributed by atoms with Crippen LogP contribution >= 0.6 is 22.9 Å². The molecule has 90 valence electrons. The monoisotopic (exact) mass is 268 g/mol. The van der Waals surface area contributed by atoms with E-state index >= 15 is 0 Å². The van der Waals surface area contributed by atoms with Gasteiger partial charge in [-0.3, -0.25) is 0 Å². The number of nitrogens with one attached hydrogen (secondary N) is 1. The smallest absolute Gasteiger partial charge is 0.0898 e. The number of aliphatic hydroxyl groups is 1. The molecule has 0 saturated carbocycles. The van der Waals surface area contributed by atoms with Crippen LogP contribution in [0.15, 0.2) is 23.6 Å². The first-order valence-electron chi connectivity index (χ1n) is 5.23. The van der Waals surface area contributed by atoms with E-state index < -0.39 is 0 Å². The second kappa shape index (κ2) is 5.49. The first kappa shape index (κ1) is 12.4. The van der Waals surface area contributed by atoms with E-state index in [1.54, 1.807) is 23.5 Å². The normalized spacial score (nSPS) is 10.5. The number of hydrogen-bond donors (Lipinski definition) is 2. The molecule has 0 amide bonds. The number of thiazole rings is 1. The number of aliphatic hydroxyl groups excluding tert-OH is 1. The van der Waals surface area contributed by atoms with Gasteiger partial charge in [-0.25, -0.2) is 4.98 Å². The SMILES string of the molecule is Cc1nc(CNc2cc(CO)ccc2Cl)cs1. The molecule has 2 aromatic rings. The fourth-order valence-corrected chi connectivity index (χ4v) is 2.28. The number of hydrogen-bond acceptors (Lipinski definition) is 4. The third-order valence-corrected chi connectivity index (χ3v) is 3.49. The lowest BCUT2D eigenvalue weighted by atomic mass is 10.2. The highest BCUT2D eigenvalue weighted by atomic mass is 35.5. The van der Waals surface area contributed by atoms with Gasteiger partial charge in [-0.2, -0.15) is 0 Å². The van der Waals surface area contributed by atoms with E-state index in [-0.39, 0.29) is 6.61 Å². The summed E-state index contributed by atoms with van der Waals surface area (Å²) in [6.07, 6.45) is 0. The molecular formula is C12H13ClN2OS. The molecule has 0 bridgehead atoms. The Morgan fingerprint density at radius 1 is 1.47 bits per heavy atom. The second-order valence-corrected chi connectivity index (χ2v) is 5.15. The lowest BCUT2D eigenvalue weighted by molar-refractivity contribution is 0.282. The lowest BCUT2D eigenvalue weighted by Crippen LogP contribution is -2.01. The predicted molar refractivity (Wildman–Crippen MR) is 71.6 cm³/mol. The summed E-state index contributed by atoms with van der Waals surface area (Å²) in [5.41, 5.74) is 2.66. The summed E-state index contributed by atoms with van der Waals surface area (Å²) in [4.78, 5) is 4.36. The zero-order valence-electron chi connectivity index (χ0n) is 9.40. The number of benzene rings is 1. The van der Waals surface area contributed by atoms with Crippen molar-refractivity contribution < 1.29 is 5.11 Å². The van der Waals surface area contributed by atoms with E-state index in [1.165, 1.54) is 0 Å². The zero-order valence-corrected chi connectivity index (χ0v) is 11.0. The Kier molecular flexibility index (Phi) is 3.99. The molecule has 1 aromatic heterocycles. The summed E-state index contributed by atoms with van der Waals surface area (Å²) in [5, 5.41) is 16.0. The van der Waals surface area contributed by atoms with Gasteiger partial charge in [-0.1, -0.05) is 17.7 Å². The highest BCUT2D eigenvalue weighted by Crippen LogP contribution is 2.23. The summed E-state index contributed by atoms with van der Waals surface area (Å²) in [6.45, 7) is 2.63. The molecule has 0 fully saturated rings. The van der Waals surface area contributed by atoms with Crippen molar-refractivity contribution in [1.82, 2.24) is 4.98 Å². The Morgan fingerprint density at radius 2 is 2.29 bits per heavy atom. The minimum atomic E-state index is 0.0155. The van der Waals surface area contributed by atoms with Crippen molar-refractivity contribution in [3.63, 3.8) is 0 Å². The molecule has 0 aliphatic rings. The van der Waals surface area contributed by atoms with Gasteiger partial charge >= 0.3 is 0 Å². The van der Waals surface area contributed by atoms with Crippen LogP contribution in [0.25, 0.3) is 0 Å². The van der Waals surface area contributed by atoms with Crippen molar-refractivity contribution in [2.45, 2.75) is 20.1 Å². The van der Waals surface area contributed by atoms with Crippen molar-refractivity contribution in [2.24, 2.45) is 0 Å². The van der Waals surface area contributed by atoms with Gasteiger partial charge in [0.1, 0.15) is 0 Å². The number of aromatic nitrogens is 1. The first-order chi connectivity index (χ1) is 8.19. The first-order valence-corrected chi connectivity index (χ1v) is 6.49. The number of nitrogens with zero attached hydrogens (tertiary/aromatic N) is 1. The average molecular weight is 269 g/mol. The van der Waals surface area contributed by atoms with Gasteiger partial charge in [-0.15, -0.1) is 11.3 Å². The van der Waals surface area contributed by atoms with Gasteiger partial charge in [0.15, 0.2) is 0 Å². The van der Waals surface area contributed by atoms with Crippen molar-refractivity contribution in [2.75, 3.05) is 5.32 Å². The fraction of sp³-hybridized carbons (Fsp3) is 0.250. The molecular weight excluding hydrogens is 256 g/mol. The van der Waals surface area contributed by atoms with Gasteiger partial charge in [0.05, 0.1) is 34.6 Å². The summed E-state index contributed by atoms with van der Waals surface area (Å²) in [6, 6.07) is 5.43. The fourth-order valence-electron chi connectivity index (χ4n) is 1.48. The zero-order chi connectivity index (χ0) is 12.3. The second-order valence-electron chi connectivity index (χ2n) is 3.68. The number of rotatable bonds is 4. The molecule has 0 atom stereocenters. The summed E-state index contributed by atoms with van der Waals surface area (Å²) >= 11 is 7.69. The molecule has 1 heterocycles.